The van der Waals surface area contributed by atoms with Crippen molar-refractivity contribution < 1.29 is 14.3 Å². The zero-order chi connectivity index (χ0) is 18.5. The van der Waals surface area contributed by atoms with Gasteiger partial charge in [0, 0.05) is 10.4 Å². The number of aromatic nitrogens is 1. The lowest BCUT2D eigenvalue weighted by molar-refractivity contribution is 0.0991. The van der Waals surface area contributed by atoms with Crippen LogP contribution in [0.2, 0.25) is 5.02 Å². The van der Waals surface area contributed by atoms with Gasteiger partial charge in [0.05, 0.1) is 5.56 Å². The van der Waals surface area contributed by atoms with Gasteiger partial charge in [0.1, 0.15) is 18.1 Å². The molecule has 26 heavy (non-hydrogen) atoms. The van der Waals surface area contributed by atoms with Gasteiger partial charge in [0.25, 0.3) is 11.8 Å². The molecule has 0 fully saturated rings. The predicted molar refractivity (Wildman–Crippen MR) is 101 cm³/mol. The summed E-state index contributed by atoms with van der Waals surface area (Å²) in [6, 6.07) is 14.1. The number of carbonyl (C=O) groups excluding carboxylic acids is 2. The van der Waals surface area contributed by atoms with Crippen molar-refractivity contribution in [1.29, 1.82) is 0 Å². The molecule has 0 bridgehead atoms. The van der Waals surface area contributed by atoms with E-state index >= 15 is 0 Å². The second-order valence-electron chi connectivity index (χ2n) is 5.27. The number of anilines is 1. The Balaban J connectivity index is 1.71. The Morgan fingerprint density at radius 3 is 2.58 bits per heavy atom. The SMILES string of the molecule is NC(=O)c1csc(NC(=O)c2ccccc2OCc2ccc(Cl)cc2)n1. The number of benzene rings is 2. The molecule has 2 aromatic carbocycles. The smallest absolute Gasteiger partial charge is 0.268 e. The largest absolute Gasteiger partial charge is 0.488 e. The lowest BCUT2D eigenvalue weighted by atomic mass is 10.2. The summed E-state index contributed by atoms with van der Waals surface area (Å²) < 4.78 is 5.77. The highest BCUT2D eigenvalue weighted by Crippen LogP contribution is 2.22. The number of hydrogen-bond donors (Lipinski definition) is 2. The minimum absolute atomic E-state index is 0.109. The highest BCUT2D eigenvalue weighted by molar-refractivity contribution is 7.14. The fourth-order valence-electron chi connectivity index (χ4n) is 2.13. The number of thiazole rings is 1. The number of ether oxygens (including phenoxy) is 1. The van der Waals surface area contributed by atoms with Crippen LogP contribution in [-0.4, -0.2) is 16.8 Å². The van der Waals surface area contributed by atoms with Gasteiger partial charge in [-0.2, -0.15) is 0 Å². The van der Waals surface area contributed by atoms with Gasteiger partial charge in [-0.1, -0.05) is 35.9 Å². The summed E-state index contributed by atoms with van der Waals surface area (Å²) in [4.78, 5) is 27.6. The van der Waals surface area contributed by atoms with Crippen molar-refractivity contribution in [3.05, 3.63) is 75.8 Å². The lowest BCUT2D eigenvalue weighted by Crippen LogP contribution is -2.15. The van der Waals surface area contributed by atoms with E-state index in [4.69, 9.17) is 22.1 Å². The Labute approximate surface area is 158 Å². The average Bonchev–Trinajstić information content (AvgIpc) is 3.10. The van der Waals surface area contributed by atoms with Gasteiger partial charge in [0.15, 0.2) is 5.13 Å². The molecule has 0 spiro atoms. The molecule has 3 rings (SSSR count). The molecule has 6 nitrogen and oxygen atoms in total. The summed E-state index contributed by atoms with van der Waals surface area (Å²) in [6.45, 7) is 0.296. The van der Waals surface area contributed by atoms with E-state index < -0.39 is 5.91 Å². The average molecular weight is 388 g/mol. The topological polar surface area (TPSA) is 94.3 Å². The summed E-state index contributed by atoms with van der Waals surface area (Å²) in [5.41, 5.74) is 6.56. The fourth-order valence-corrected chi connectivity index (χ4v) is 2.95. The number of nitrogens with zero attached hydrogens (tertiary/aromatic N) is 1. The Morgan fingerprint density at radius 2 is 1.88 bits per heavy atom. The van der Waals surface area contributed by atoms with Gasteiger partial charge >= 0.3 is 0 Å². The molecule has 132 valence electrons. The molecule has 1 heterocycles. The van der Waals surface area contributed by atoms with Crippen LogP contribution in [-0.2, 0) is 6.61 Å². The van der Waals surface area contributed by atoms with Crippen LogP contribution in [0.1, 0.15) is 26.4 Å². The van der Waals surface area contributed by atoms with Crippen molar-refractivity contribution in [1.82, 2.24) is 4.98 Å². The monoisotopic (exact) mass is 387 g/mol. The minimum atomic E-state index is -0.645. The third-order valence-electron chi connectivity index (χ3n) is 3.42. The predicted octanol–water partition coefficient (Wildman–Crippen LogP) is 3.73. The fraction of sp³-hybridized carbons (Fsp3) is 0.0556. The first-order valence-electron chi connectivity index (χ1n) is 7.56. The van der Waals surface area contributed by atoms with E-state index in [1.54, 1.807) is 36.4 Å². The van der Waals surface area contributed by atoms with Crippen molar-refractivity contribution >= 4 is 39.9 Å². The number of hydrogen-bond acceptors (Lipinski definition) is 5. The van der Waals surface area contributed by atoms with E-state index in [0.29, 0.717) is 22.9 Å². The number of nitrogens with one attached hydrogen (secondary N) is 1. The van der Waals surface area contributed by atoms with E-state index in [0.717, 1.165) is 16.9 Å². The molecule has 0 atom stereocenters. The number of halogens is 1. The quantitative estimate of drug-likeness (QED) is 0.673. The standard InChI is InChI=1S/C18H14ClN3O3S/c19-12-7-5-11(6-8-12)9-25-15-4-2-1-3-13(15)17(24)22-18-21-14(10-26-18)16(20)23/h1-8,10H,9H2,(H2,20,23)(H,21,22,24). The van der Waals surface area contributed by atoms with Crippen LogP contribution >= 0.6 is 22.9 Å². The summed E-state index contributed by atoms with van der Waals surface area (Å²) in [5.74, 6) is -0.595. The molecule has 8 heteroatoms. The molecular formula is C18H14ClN3O3S. The van der Waals surface area contributed by atoms with E-state index in [1.807, 2.05) is 12.1 Å². The molecule has 0 unspecified atom stereocenters. The molecule has 2 amide bonds. The first-order valence-corrected chi connectivity index (χ1v) is 8.81. The summed E-state index contributed by atoms with van der Waals surface area (Å²) >= 11 is 6.99. The van der Waals surface area contributed by atoms with Gasteiger partial charge in [-0.25, -0.2) is 4.98 Å². The van der Waals surface area contributed by atoms with Crippen LogP contribution in [0.5, 0.6) is 5.75 Å². The van der Waals surface area contributed by atoms with Crippen LogP contribution in [0.25, 0.3) is 0 Å². The number of nitrogens with two attached hydrogens (primary N) is 1. The molecule has 0 radical (unpaired) electrons. The second kappa shape index (κ2) is 7.99. The highest BCUT2D eigenvalue weighted by atomic mass is 35.5. The molecule has 0 saturated heterocycles. The maximum absolute atomic E-state index is 12.5. The van der Waals surface area contributed by atoms with Gasteiger partial charge in [0.2, 0.25) is 0 Å². The molecular weight excluding hydrogens is 374 g/mol. The zero-order valence-corrected chi connectivity index (χ0v) is 15.0. The maximum atomic E-state index is 12.5. The minimum Gasteiger partial charge on any atom is -0.488 e. The van der Waals surface area contributed by atoms with Crippen LogP contribution < -0.4 is 15.8 Å². The van der Waals surface area contributed by atoms with E-state index in [1.165, 1.54) is 5.38 Å². The van der Waals surface area contributed by atoms with Crippen molar-refractivity contribution in [2.75, 3.05) is 5.32 Å². The second-order valence-corrected chi connectivity index (χ2v) is 6.56. The molecule has 0 saturated carbocycles. The van der Waals surface area contributed by atoms with E-state index in [-0.39, 0.29) is 16.7 Å². The first-order chi connectivity index (χ1) is 12.5. The maximum Gasteiger partial charge on any atom is 0.268 e. The van der Waals surface area contributed by atoms with Gasteiger partial charge < -0.3 is 10.5 Å². The van der Waals surface area contributed by atoms with E-state index in [9.17, 15) is 9.59 Å². The Kier molecular flexibility index (Phi) is 5.50. The van der Waals surface area contributed by atoms with Crippen molar-refractivity contribution in [2.45, 2.75) is 6.61 Å². The van der Waals surface area contributed by atoms with Crippen LogP contribution in [0.15, 0.2) is 53.9 Å². The number of amides is 2. The number of carbonyl (C=O) groups is 2. The molecule has 3 aromatic rings. The summed E-state index contributed by atoms with van der Waals surface area (Å²) in [5, 5.41) is 5.06. The van der Waals surface area contributed by atoms with Crippen molar-refractivity contribution in [3.63, 3.8) is 0 Å². The Bertz CT molecular complexity index is 941. The van der Waals surface area contributed by atoms with Gasteiger partial charge in [-0.05, 0) is 29.8 Å². The molecule has 0 aliphatic rings. The number of rotatable bonds is 6. The molecule has 3 N–H and O–H groups in total. The Hall–Kier alpha value is -2.90. The third-order valence-corrected chi connectivity index (χ3v) is 4.43. The zero-order valence-electron chi connectivity index (χ0n) is 13.4. The van der Waals surface area contributed by atoms with Crippen molar-refractivity contribution in [2.24, 2.45) is 5.73 Å². The van der Waals surface area contributed by atoms with E-state index in [2.05, 4.69) is 10.3 Å². The Morgan fingerprint density at radius 1 is 1.15 bits per heavy atom. The molecule has 0 aliphatic heterocycles. The highest BCUT2D eigenvalue weighted by Gasteiger charge is 2.15. The number of primary amides is 1. The lowest BCUT2D eigenvalue weighted by Gasteiger charge is -2.11. The summed E-state index contributed by atoms with van der Waals surface area (Å²) in [6.07, 6.45) is 0. The van der Waals surface area contributed by atoms with Gasteiger partial charge in [-0.15, -0.1) is 11.3 Å². The van der Waals surface area contributed by atoms with Crippen LogP contribution in [0, 0.1) is 0 Å². The molecule has 0 aliphatic carbocycles. The van der Waals surface area contributed by atoms with Crippen LogP contribution in [0.3, 0.4) is 0 Å². The van der Waals surface area contributed by atoms with Crippen molar-refractivity contribution in [3.8, 4) is 5.75 Å². The summed E-state index contributed by atoms with van der Waals surface area (Å²) in [7, 11) is 0. The van der Waals surface area contributed by atoms with Gasteiger partial charge in [-0.3, -0.25) is 14.9 Å². The third kappa shape index (κ3) is 4.38. The normalized spacial score (nSPS) is 10.3. The van der Waals surface area contributed by atoms with Crippen LogP contribution in [0.4, 0.5) is 5.13 Å². The number of para-hydroxylation sites is 1. The first kappa shape index (κ1) is 17.9. The molecule has 1 aromatic heterocycles.